The molecule has 0 bridgehead atoms. The highest BCUT2D eigenvalue weighted by Gasteiger charge is 2.45. The number of allylic oxidation sites excluding steroid dienone is 2. The van der Waals surface area contributed by atoms with Crippen molar-refractivity contribution in [3.05, 3.63) is 72.3 Å². The number of hydrogen-bond acceptors (Lipinski definition) is 5. The number of ether oxygens (including phenoxy) is 2. The Bertz CT molecular complexity index is 953. The fourth-order valence-corrected chi connectivity index (χ4v) is 5.49. The fraction of sp³-hybridized carbons (Fsp3) is 0.500. The molecule has 0 radical (unpaired) electrons. The minimum absolute atomic E-state index is 0.0355. The van der Waals surface area contributed by atoms with E-state index < -0.39 is 12.1 Å². The first kappa shape index (κ1) is 26.6. The standard InChI is InChI=1S/C30H39NO5/c32-27-21-28(36-22-23-13-15-25(16-14-23)24-9-4-3-5-10-24)26(11-6-1-2-7-12-29(33)34)30(27)31-17-8-19-35-20-18-31/h1,3-6,9-10,13-16,26-28,30,32H,2,7-8,11-12,17-22H2,(H,33,34). The van der Waals surface area contributed by atoms with Gasteiger partial charge in [0.1, 0.15) is 0 Å². The minimum atomic E-state index is -0.754. The van der Waals surface area contributed by atoms with E-state index in [0.717, 1.165) is 44.5 Å². The second-order valence-corrected chi connectivity index (χ2v) is 9.86. The van der Waals surface area contributed by atoms with Crippen LogP contribution in [0.15, 0.2) is 66.7 Å². The third kappa shape index (κ3) is 7.50. The van der Waals surface area contributed by atoms with E-state index in [9.17, 15) is 9.90 Å². The fourth-order valence-electron chi connectivity index (χ4n) is 5.49. The Kier molecular flexibility index (Phi) is 10.1. The first-order valence-electron chi connectivity index (χ1n) is 13.2. The number of unbranched alkanes of at least 4 members (excludes halogenated alkanes) is 1. The van der Waals surface area contributed by atoms with Crippen LogP contribution in [0, 0.1) is 5.92 Å². The van der Waals surface area contributed by atoms with Gasteiger partial charge in [-0.1, -0.05) is 66.7 Å². The third-order valence-corrected chi connectivity index (χ3v) is 7.32. The average Bonchev–Trinajstić information content (AvgIpc) is 3.03. The zero-order valence-electron chi connectivity index (χ0n) is 21.0. The topological polar surface area (TPSA) is 79.2 Å². The van der Waals surface area contributed by atoms with Gasteiger partial charge in [-0.3, -0.25) is 9.69 Å². The van der Waals surface area contributed by atoms with Crippen LogP contribution in [0.4, 0.5) is 0 Å². The van der Waals surface area contributed by atoms with Gasteiger partial charge in [-0.2, -0.15) is 0 Å². The summed E-state index contributed by atoms with van der Waals surface area (Å²) in [7, 11) is 0. The molecule has 2 N–H and O–H groups in total. The number of aliphatic hydroxyl groups excluding tert-OH is 1. The number of carboxylic acids is 1. The third-order valence-electron chi connectivity index (χ3n) is 7.32. The molecule has 1 saturated heterocycles. The number of hydrogen-bond donors (Lipinski definition) is 2. The predicted molar refractivity (Wildman–Crippen MR) is 141 cm³/mol. The molecule has 2 aliphatic rings. The Hall–Kier alpha value is -2.51. The highest BCUT2D eigenvalue weighted by molar-refractivity contribution is 5.66. The van der Waals surface area contributed by atoms with E-state index in [4.69, 9.17) is 14.6 Å². The Balaban J connectivity index is 1.39. The number of carbonyl (C=O) groups is 1. The van der Waals surface area contributed by atoms with Crippen LogP contribution in [-0.2, 0) is 20.9 Å². The zero-order valence-corrected chi connectivity index (χ0v) is 21.0. The Morgan fingerprint density at radius 3 is 2.58 bits per heavy atom. The van der Waals surface area contributed by atoms with Crippen molar-refractivity contribution in [1.29, 1.82) is 0 Å². The predicted octanol–water partition coefficient (Wildman–Crippen LogP) is 4.91. The quantitative estimate of drug-likeness (QED) is 0.342. The number of nitrogens with zero attached hydrogens (tertiary/aromatic N) is 1. The molecule has 2 aromatic carbocycles. The van der Waals surface area contributed by atoms with Crippen molar-refractivity contribution < 1.29 is 24.5 Å². The van der Waals surface area contributed by atoms with Crippen molar-refractivity contribution in [2.24, 2.45) is 5.92 Å². The lowest BCUT2D eigenvalue weighted by Crippen LogP contribution is -2.46. The molecule has 6 heteroatoms. The van der Waals surface area contributed by atoms with Gasteiger partial charge in [-0.15, -0.1) is 0 Å². The van der Waals surface area contributed by atoms with Crippen LogP contribution in [0.5, 0.6) is 0 Å². The largest absolute Gasteiger partial charge is 0.481 e. The van der Waals surface area contributed by atoms with Crippen molar-refractivity contribution in [3.63, 3.8) is 0 Å². The lowest BCUT2D eigenvalue weighted by molar-refractivity contribution is -0.137. The van der Waals surface area contributed by atoms with E-state index in [-0.39, 0.29) is 24.5 Å². The molecule has 2 aromatic rings. The highest BCUT2D eigenvalue weighted by atomic mass is 16.5. The van der Waals surface area contributed by atoms with Crippen LogP contribution < -0.4 is 0 Å². The molecule has 1 aliphatic heterocycles. The molecule has 6 nitrogen and oxygen atoms in total. The van der Waals surface area contributed by atoms with Gasteiger partial charge in [0.25, 0.3) is 0 Å². The van der Waals surface area contributed by atoms with Crippen LogP contribution in [-0.4, -0.2) is 65.6 Å². The van der Waals surface area contributed by atoms with Gasteiger partial charge >= 0.3 is 5.97 Å². The van der Waals surface area contributed by atoms with Crippen molar-refractivity contribution in [3.8, 4) is 11.1 Å². The maximum atomic E-state index is 11.1. The molecule has 0 amide bonds. The molecule has 1 aliphatic carbocycles. The number of carboxylic acid groups (broad SMARTS) is 1. The minimum Gasteiger partial charge on any atom is -0.481 e. The number of aliphatic hydroxyl groups is 1. The lowest BCUT2D eigenvalue weighted by Gasteiger charge is -2.34. The van der Waals surface area contributed by atoms with E-state index in [1.54, 1.807) is 0 Å². The summed E-state index contributed by atoms with van der Waals surface area (Å²) in [5.74, 6) is -0.576. The Labute approximate surface area is 214 Å². The van der Waals surface area contributed by atoms with Crippen LogP contribution >= 0.6 is 0 Å². The van der Waals surface area contributed by atoms with Crippen molar-refractivity contribution >= 4 is 5.97 Å². The SMILES string of the molecule is O=C(O)CCCC=CCC1C(OCc2ccc(-c3ccccc3)cc2)CC(O)C1N1CCCOCC1. The molecule has 4 unspecified atom stereocenters. The molecule has 1 heterocycles. The van der Waals surface area contributed by atoms with E-state index in [1.807, 2.05) is 18.2 Å². The number of rotatable bonds is 11. The summed E-state index contributed by atoms with van der Waals surface area (Å²) in [6.45, 7) is 3.73. The molecule has 36 heavy (non-hydrogen) atoms. The normalized spacial score (nSPS) is 25.2. The Morgan fingerprint density at radius 2 is 1.81 bits per heavy atom. The average molecular weight is 494 g/mol. The van der Waals surface area contributed by atoms with Crippen LogP contribution in [0.2, 0.25) is 0 Å². The molecule has 2 fully saturated rings. The maximum absolute atomic E-state index is 11.1. The van der Waals surface area contributed by atoms with E-state index >= 15 is 0 Å². The van der Waals surface area contributed by atoms with E-state index in [0.29, 0.717) is 26.1 Å². The van der Waals surface area contributed by atoms with Gasteiger partial charge in [0.15, 0.2) is 0 Å². The molecule has 4 rings (SSSR count). The van der Waals surface area contributed by atoms with Crippen molar-refractivity contribution in [2.45, 2.75) is 63.4 Å². The smallest absolute Gasteiger partial charge is 0.303 e. The second-order valence-electron chi connectivity index (χ2n) is 9.86. The highest BCUT2D eigenvalue weighted by Crippen LogP contribution is 2.36. The first-order valence-corrected chi connectivity index (χ1v) is 13.2. The molecule has 1 saturated carbocycles. The van der Waals surface area contributed by atoms with Crippen molar-refractivity contribution in [1.82, 2.24) is 4.90 Å². The van der Waals surface area contributed by atoms with E-state index in [1.165, 1.54) is 11.1 Å². The second kappa shape index (κ2) is 13.7. The summed E-state index contributed by atoms with van der Waals surface area (Å²) in [6, 6.07) is 18.9. The van der Waals surface area contributed by atoms with Gasteiger partial charge in [0.2, 0.25) is 0 Å². The lowest BCUT2D eigenvalue weighted by atomic mass is 9.94. The molecule has 4 atom stereocenters. The van der Waals surface area contributed by atoms with Gasteiger partial charge in [-0.05, 0) is 42.4 Å². The Morgan fingerprint density at radius 1 is 1.03 bits per heavy atom. The maximum Gasteiger partial charge on any atom is 0.303 e. The summed E-state index contributed by atoms with van der Waals surface area (Å²) < 4.78 is 12.1. The summed E-state index contributed by atoms with van der Waals surface area (Å²) in [5.41, 5.74) is 3.51. The molecule has 194 valence electrons. The van der Waals surface area contributed by atoms with Gasteiger partial charge in [0, 0.05) is 44.5 Å². The summed E-state index contributed by atoms with van der Waals surface area (Å²) >= 11 is 0. The molecule has 0 aromatic heterocycles. The number of benzene rings is 2. The van der Waals surface area contributed by atoms with Gasteiger partial charge < -0.3 is 19.7 Å². The number of aliphatic carboxylic acids is 1. The zero-order chi connectivity index (χ0) is 25.2. The molecular weight excluding hydrogens is 454 g/mol. The van der Waals surface area contributed by atoms with Gasteiger partial charge in [0.05, 0.1) is 25.4 Å². The van der Waals surface area contributed by atoms with Crippen LogP contribution in [0.3, 0.4) is 0 Å². The first-order chi connectivity index (χ1) is 17.6. The molecular formula is C30H39NO5. The van der Waals surface area contributed by atoms with E-state index in [2.05, 4.69) is 53.5 Å². The van der Waals surface area contributed by atoms with Crippen molar-refractivity contribution in [2.75, 3.05) is 26.3 Å². The van der Waals surface area contributed by atoms with Gasteiger partial charge in [-0.25, -0.2) is 0 Å². The summed E-state index contributed by atoms with van der Waals surface area (Å²) in [5, 5.41) is 19.9. The summed E-state index contributed by atoms with van der Waals surface area (Å²) in [4.78, 5) is 13.1. The van der Waals surface area contributed by atoms with Crippen LogP contribution in [0.1, 0.15) is 44.1 Å². The molecule has 0 spiro atoms. The summed E-state index contributed by atoms with van der Waals surface area (Å²) in [6.07, 6.45) is 7.76. The van der Waals surface area contributed by atoms with Crippen LogP contribution in [0.25, 0.3) is 11.1 Å². The monoisotopic (exact) mass is 493 g/mol.